The summed E-state index contributed by atoms with van der Waals surface area (Å²) in [6, 6.07) is -0.884. The monoisotopic (exact) mass is 676 g/mol. The molecule has 0 aromatic carbocycles. The van der Waals surface area contributed by atoms with Gasteiger partial charge in [-0.1, -0.05) is 155 Å². The van der Waals surface area contributed by atoms with E-state index in [2.05, 4.69) is 19.2 Å². The molecule has 1 fully saturated rings. The van der Waals surface area contributed by atoms with Crippen molar-refractivity contribution in [3.05, 3.63) is 0 Å². The van der Waals surface area contributed by atoms with E-state index in [9.17, 15) is 35.4 Å². The standard InChI is InChI=1S/C37H73NO9/c1-3-5-7-9-11-13-15-17-19-21-23-25-30(40)29(28-46-37-35(44)34(43)33(42)32(27-39)47-37)38-36(45)31(41)26-24-22-20-18-16-14-12-10-8-6-4-2/h29-35,37,39-44H,3-28H2,1-2H3,(H,38,45). The molecule has 10 heteroatoms. The molecule has 0 saturated carbocycles. The second-order valence-corrected chi connectivity index (χ2v) is 13.9. The van der Waals surface area contributed by atoms with Gasteiger partial charge in [0.25, 0.3) is 0 Å². The second kappa shape index (κ2) is 28.9. The number of hydrogen-bond donors (Lipinski definition) is 7. The van der Waals surface area contributed by atoms with Crippen LogP contribution in [0.5, 0.6) is 0 Å². The molecule has 1 amide bonds. The average Bonchev–Trinajstić information content (AvgIpc) is 3.07. The highest BCUT2D eigenvalue weighted by molar-refractivity contribution is 5.80. The molecule has 1 heterocycles. The van der Waals surface area contributed by atoms with Crippen LogP contribution >= 0.6 is 0 Å². The van der Waals surface area contributed by atoms with Crippen LogP contribution < -0.4 is 5.32 Å². The maximum atomic E-state index is 12.9. The van der Waals surface area contributed by atoms with Crippen LogP contribution in [0.4, 0.5) is 0 Å². The first-order chi connectivity index (χ1) is 22.8. The number of carbonyl (C=O) groups excluding carboxylic acids is 1. The topological polar surface area (TPSA) is 169 Å². The Morgan fingerprint density at radius 1 is 0.638 bits per heavy atom. The highest BCUT2D eigenvalue weighted by atomic mass is 16.7. The lowest BCUT2D eigenvalue weighted by atomic mass is 9.99. The van der Waals surface area contributed by atoms with Crippen LogP contribution in [0.25, 0.3) is 0 Å². The number of unbranched alkanes of at least 4 members (excludes halogenated alkanes) is 20. The Kier molecular flexibility index (Phi) is 27.2. The number of amides is 1. The average molecular weight is 676 g/mol. The number of aliphatic hydroxyl groups is 6. The molecule has 0 bridgehead atoms. The Morgan fingerprint density at radius 3 is 1.51 bits per heavy atom. The number of nitrogens with one attached hydrogen (secondary N) is 1. The Labute approximate surface area is 286 Å². The molecule has 0 radical (unpaired) electrons. The van der Waals surface area contributed by atoms with Gasteiger partial charge >= 0.3 is 0 Å². The summed E-state index contributed by atoms with van der Waals surface area (Å²) in [5.41, 5.74) is 0. The van der Waals surface area contributed by atoms with Crippen LogP contribution in [0.2, 0.25) is 0 Å². The van der Waals surface area contributed by atoms with Gasteiger partial charge in [-0.25, -0.2) is 0 Å². The number of rotatable bonds is 31. The van der Waals surface area contributed by atoms with Crippen molar-refractivity contribution >= 4 is 5.91 Å². The van der Waals surface area contributed by atoms with Gasteiger partial charge in [0.2, 0.25) is 5.91 Å². The van der Waals surface area contributed by atoms with Crippen LogP contribution in [-0.4, -0.2) is 98.7 Å². The molecule has 1 aliphatic rings. The van der Waals surface area contributed by atoms with Gasteiger partial charge in [-0.2, -0.15) is 0 Å². The molecule has 1 saturated heterocycles. The lowest BCUT2D eigenvalue weighted by Gasteiger charge is -2.40. The molecule has 10 nitrogen and oxygen atoms in total. The predicted molar refractivity (Wildman–Crippen MR) is 186 cm³/mol. The van der Waals surface area contributed by atoms with E-state index < -0.39 is 61.5 Å². The van der Waals surface area contributed by atoms with Gasteiger partial charge in [0.15, 0.2) is 6.29 Å². The number of carbonyl (C=O) groups is 1. The van der Waals surface area contributed by atoms with E-state index in [0.717, 1.165) is 44.9 Å². The van der Waals surface area contributed by atoms with Crippen LogP contribution in [0.3, 0.4) is 0 Å². The summed E-state index contributed by atoms with van der Waals surface area (Å²) >= 11 is 0. The normalized spacial score (nSPS) is 23.4. The first kappa shape index (κ1) is 44.2. The molecule has 280 valence electrons. The highest BCUT2D eigenvalue weighted by Crippen LogP contribution is 2.23. The van der Waals surface area contributed by atoms with Gasteiger partial charge in [-0.15, -0.1) is 0 Å². The van der Waals surface area contributed by atoms with Gasteiger partial charge in [0, 0.05) is 0 Å². The molecule has 1 rings (SSSR count). The Balaban J connectivity index is 2.50. The summed E-state index contributed by atoms with van der Waals surface area (Å²) < 4.78 is 11.1. The number of hydrogen-bond acceptors (Lipinski definition) is 9. The zero-order valence-electron chi connectivity index (χ0n) is 29.9. The maximum absolute atomic E-state index is 12.9. The van der Waals surface area contributed by atoms with E-state index in [4.69, 9.17) is 9.47 Å². The lowest BCUT2D eigenvalue weighted by Crippen LogP contribution is -2.60. The first-order valence-electron chi connectivity index (χ1n) is 19.3. The van der Waals surface area contributed by atoms with Crippen LogP contribution in [0, 0.1) is 0 Å². The zero-order chi connectivity index (χ0) is 34.7. The van der Waals surface area contributed by atoms with E-state index >= 15 is 0 Å². The third-order valence-electron chi connectivity index (χ3n) is 9.57. The Morgan fingerprint density at radius 2 is 1.06 bits per heavy atom. The van der Waals surface area contributed by atoms with E-state index in [1.807, 2.05) is 0 Å². The number of aliphatic hydroxyl groups excluding tert-OH is 6. The van der Waals surface area contributed by atoms with Gasteiger partial charge in [0.05, 0.1) is 25.4 Å². The summed E-state index contributed by atoms with van der Waals surface area (Å²) in [4.78, 5) is 12.9. The fraction of sp³-hybridized carbons (Fsp3) is 0.973. The van der Waals surface area contributed by atoms with E-state index in [-0.39, 0.29) is 6.61 Å². The molecular weight excluding hydrogens is 602 g/mol. The fourth-order valence-corrected chi connectivity index (χ4v) is 6.28. The molecule has 0 spiro atoms. The van der Waals surface area contributed by atoms with Crippen LogP contribution in [-0.2, 0) is 14.3 Å². The second-order valence-electron chi connectivity index (χ2n) is 13.9. The maximum Gasteiger partial charge on any atom is 0.249 e. The molecule has 47 heavy (non-hydrogen) atoms. The summed E-state index contributed by atoms with van der Waals surface area (Å²) in [6.45, 7) is 3.62. The van der Waals surface area contributed by atoms with Crippen molar-refractivity contribution in [1.82, 2.24) is 5.32 Å². The van der Waals surface area contributed by atoms with Crippen molar-refractivity contribution in [1.29, 1.82) is 0 Å². The minimum atomic E-state index is -1.59. The predicted octanol–water partition coefficient (Wildman–Crippen LogP) is 5.41. The molecule has 8 unspecified atom stereocenters. The SMILES string of the molecule is CCCCCCCCCCCCCC(O)C(=O)NC(COC1OC(CO)C(O)C(O)C1O)C(O)CCCCCCCCCCCCC. The molecule has 7 N–H and O–H groups in total. The van der Waals surface area contributed by atoms with Crippen molar-refractivity contribution in [3.8, 4) is 0 Å². The summed E-state index contributed by atoms with van der Waals surface area (Å²) in [5.74, 6) is -0.586. The number of ether oxygens (including phenoxy) is 2. The molecule has 0 aromatic rings. The molecular formula is C37H73NO9. The van der Waals surface area contributed by atoms with E-state index in [1.54, 1.807) is 0 Å². The molecule has 1 aliphatic heterocycles. The minimum Gasteiger partial charge on any atom is -0.394 e. The summed E-state index contributed by atoms with van der Waals surface area (Å²) in [6.07, 6.45) is 17.3. The van der Waals surface area contributed by atoms with Crippen LogP contribution in [0.15, 0.2) is 0 Å². The lowest BCUT2D eigenvalue weighted by molar-refractivity contribution is -0.302. The fourth-order valence-electron chi connectivity index (χ4n) is 6.28. The van der Waals surface area contributed by atoms with Gasteiger partial charge in [0.1, 0.15) is 30.5 Å². The molecule has 8 atom stereocenters. The smallest absolute Gasteiger partial charge is 0.249 e. The van der Waals surface area contributed by atoms with Crippen molar-refractivity contribution in [3.63, 3.8) is 0 Å². The minimum absolute atomic E-state index is 0.251. The Hall–Kier alpha value is -0.850. The van der Waals surface area contributed by atoms with E-state index in [1.165, 1.54) is 96.3 Å². The third kappa shape index (κ3) is 20.4. The van der Waals surface area contributed by atoms with E-state index in [0.29, 0.717) is 12.8 Å². The molecule has 0 aromatic heterocycles. The van der Waals surface area contributed by atoms with Gasteiger partial charge in [-0.3, -0.25) is 4.79 Å². The van der Waals surface area contributed by atoms with Crippen molar-refractivity contribution in [2.45, 2.75) is 217 Å². The highest BCUT2D eigenvalue weighted by Gasteiger charge is 2.44. The molecule has 0 aliphatic carbocycles. The largest absolute Gasteiger partial charge is 0.394 e. The first-order valence-corrected chi connectivity index (χ1v) is 19.3. The zero-order valence-corrected chi connectivity index (χ0v) is 29.9. The summed E-state index contributed by atoms with van der Waals surface area (Å²) in [7, 11) is 0. The van der Waals surface area contributed by atoms with Crippen molar-refractivity contribution in [2.75, 3.05) is 13.2 Å². The quantitative estimate of drug-likeness (QED) is 0.0475. The van der Waals surface area contributed by atoms with Gasteiger partial charge < -0.3 is 45.4 Å². The summed E-state index contributed by atoms with van der Waals surface area (Å²) in [5, 5.41) is 64.4. The third-order valence-corrected chi connectivity index (χ3v) is 9.57. The van der Waals surface area contributed by atoms with Gasteiger partial charge in [-0.05, 0) is 12.8 Å². The van der Waals surface area contributed by atoms with Crippen molar-refractivity contribution < 1.29 is 44.9 Å². The van der Waals surface area contributed by atoms with Crippen molar-refractivity contribution in [2.24, 2.45) is 0 Å². The Bertz CT molecular complexity index is 728. The van der Waals surface area contributed by atoms with Crippen LogP contribution in [0.1, 0.15) is 168 Å².